The molecule has 0 saturated carbocycles. The first kappa shape index (κ1) is 36.5. The Labute approximate surface area is 321 Å². The molecule has 0 unspecified atom stereocenters. The lowest BCUT2D eigenvalue weighted by Gasteiger charge is -2.48. The fourth-order valence-corrected chi connectivity index (χ4v) is 9.87. The number of alkyl halides is 1. The van der Waals surface area contributed by atoms with Crippen molar-refractivity contribution in [3.8, 4) is 35.4 Å². The molecule has 4 aliphatic rings. The number of benzene rings is 2. The highest BCUT2D eigenvalue weighted by Crippen LogP contribution is 2.47. The van der Waals surface area contributed by atoms with E-state index in [1.54, 1.807) is 6.92 Å². The highest BCUT2D eigenvalue weighted by atomic mass is 19.1. The normalized spacial score (nSPS) is 26.4. The van der Waals surface area contributed by atoms with Gasteiger partial charge in [-0.3, -0.25) is 9.80 Å². The number of rotatable bonds is 7. The van der Waals surface area contributed by atoms with Crippen molar-refractivity contribution >= 4 is 27.5 Å². The lowest BCUT2D eigenvalue weighted by atomic mass is 9.84. The summed E-state index contributed by atoms with van der Waals surface area (Å²) in [4.78, 5) is 33.4. The number of pyridine rings is 1. The second-order valence-corrected chi connectivity index (χ2v) is 16.0. The zero-order chi connectivity index (χ0) is 39.2. The number of aromatic nitrogens is 3. The molecule has 0 bridgehead atoms. The van der Waals surface area contributed by atoms with Crippen molar-refractivity contribution in [1.29, 1.82) is 0 Å². The number of phenols is 1. The summed E-state index contributed by atoms with van der Waals surface area (Å²) in [7, 11) is 0. The molecular formula is C42H43F3N6O5. The zero-order valence-corrected chi connectivity index (χ0v) is 31.7. The molecule has 6 atom stereocenters. The van der Waals surface area contributed by atoms with Crippen LogP contribution in [0.25, 0.3) is 32.9 Å². The molecule has 292 valence electrons. The molecule has 2 aromatic carbocycles. The number of nitrogens with zero attached hydrogens (tertiary/aromatic N) is 6. The fraction of sp³-hybridized carbons (Fsp3) is 0.476. The number of aryl methyl sites for hydroxylation is 1. The van der Waals surface area contributed by atoms with E-state index >= 15 is 8.78 Å². The Morgan fingerprint density at radius 3 is 2.68 bits per heavy atom. The Bertz CT molecular complexity index is 2500. The van der Waals surface area contributed by atoms with Crippen LogP contribution in [0.5, 0.6) is 11.8 Å². The Kier molecular flexibility index (Phi) is 8.81. The fourth-order valence-electron chi connectivity index (χ4n) is 9.87. The minimum absolute atomic E-state index is 0.0111. The maximum atomic E-state index is 17.6. The number of piperazine rings is 1. The number of anilines is 1. The van der Waals surface area contributed by atoms with Gasteiger partial charge in [0.2, 0.25) is 0 Å². The second kappa shape index (κ2) is 13.5. The van der Waals surface area contributed by atoms with E-state index < -0.39 is 29.2 Å². The van der Waals surface area contributed by atoms with E-state index in [0.29, 0.717) is 66.4 Å². The van der Waals surface area contributed by atoms with Gasteiger partial charge in [0.1, 0.15) is 47.1 Å². The van der Waals surface area contributed by atoms with E-state index in [2.05, 4.69) is 34.5 Å². The van der Waals surface area contributed by atoms with Gasteiger partial charge >= 0.3 is 11.8 Å². The third kappa shape index (κ3) is 5.72. The Hall–Kier alpha value is -5.13. The quantitative estimate of drug-likeness (QED) is 0.175. The van der Waals surface area contributed by atoms with Crippen molar-refractivity contribution in [2.75, 3.05) is 37.7 Å². The number of aromatic hydroxyl groups is 1. The molecule has 14 heteroatoms. The van der Waals surface area contributed by atoms with E-state index in [9.17, 15) is 14.3 Å². The number of fused-ring (bicyclic) bond motifs is 4. The molecule has 3 saturated heterocycles. The minimum atomic E-state index is -0.963. The van der Waals surface area contributed by atoms with Crippen molar-refractivity contribution in [1.82, 2.24) is 24.8 Å². The molecule has 11 nitrogen and oxygen atoms in total. The number of hydrogen-bond donors (Lipinski definition) is 1. The minimum Gasteiger partial charge on any atom is -0.508 e. The third-order valence-corrected chi connectivity index (χ3v) is 13.0. The highest BCUT2D eigenvalue weighted by Gasteiger charge is 2.50. The summed E-state index contributed by atoms with van der Waals surface area (Å²) in [6, 6.07) is 5.29. The predicted octanol–water partition coefficient (Wildman–Crippen LogP) is 6.84. The molecular weight excluding hydrogens is 725 g/mol. The van der Waals surface area contributed by atoms with Gasteiger partial charge in [0.05, 0.1) is 28.7 Å². The molecule has 0 aliphatic carbocycles. The summed E-state index contributed by atoms with van der Waals surface area (Å²) in [5.41, 5.74) is -0.0695. The largest absolute Gasteiger partial charge is 0.519 e. The molecule has 1 N–H and O–H groups in total. The summed E-state index contributed by atoms with van der Waals surface area (Å²) in [6.07, 6.45) is 7.64. The average molecular weight is 769 g/mol. The van der Waals surface area contributed by atoms with Crippen molar-refractivity contribution in [2.45, 2.75) is 89.6 Å². The molecule has 9 rings (SSSR count). The summed E-state index contributed by atoms with van der Waals surface area (Å²) in [5.74, 6) is 1.09. The Morgan fingerprint density at radius 1 is 1.11 bits per heavy atom. The number of phenolic OH excluding ortho intramolecular Hbond substituents is 1. The summed E-state index contributed by atoms with van der Waals surface area (Å²) >= 11 is 0. The van der Waals surface area contributed by atoms with Crippen molar-refractivity contribution in [3.63, 3.8) is 0 Å². The van der Waals surface area contributed by atoms with Crippen LogP contribution in [0, 0.1) is 36.8 Å². The first-order valence-corrected chi connectivity index (χ1v) is 19.3. The second-order valence-electron chi connectivity index (χ2n) is 16.0. The van der Waals surface area contributed by atoms with Gasteiger partial charge < -0.3 is 23.6 Å². The summed E-state index contributed by atoms with van der Waals surface area (Å²) in [6.45, 7) is 10.7. The maximum absolute atomic E-state index is 17.6. The van der Waals surface area contributed by atoms with Gasteiger partial charge in [-0.15, -0.1) is 6.42 Å². The van der Waals surface area contributed by atoms with Crippen LogP contribution >= 0.6 is 0 Å². The van der Waals surface area contributed by atoms with Gasteiger partial charge in [0, 0.05) is 55.0 Å². The average Bonchev–Trinajstić information content (AvgIpc) is 3.80. The van der Waals surface area contributed by atoms with Crippen molar-refractivity contribution in [2.24, 2.45) is 5.92 Å². The molecule has 0 amide bonds. The first-order chi connectivity index (χ1) is 26.9. The van der Waals surface area contributed by atoms with Gasteiger partial charge in [-0.05, 0) is 62.2 Å². The van der Waals surface area contributed by atoms with Gasteiger partial charge in [-0.1, -0.05) is 32.8 Å². The van der Waals surface area contributed by atoms with E-state index in [1.807, 2.05) is 6.92 Å². The smallest absolute Gasteiger partial charge is 0.508 e. The van der Waals surface area contributed by atoms with E-state index in [0.717, 1.165) is 25.8 Å². The van der Waals surface area contributed by atoms with E-state index in [-0.39, 0.29) is 70.0 Å². The van der Waals surface area contributed by atoms with Gasteiger partial charge in [0.15, 0.2) is 11.6 Å². The predicted molar refractivity (Wildman–Crippen MR) is 204 cm³/mol. The Morgan fingerprint density at radius 2 is 1.93 bits per heavy atom. The van der Waals surface area contributed by atoms with Crippen LogP contribution in [0.1, 0.15) is 75.2 Å². The third-order valence-electron chi connectivity index (χ3n) is 13.0. The van der Waals surface area contributed by atoms with Gasteiger partial charge in [-0.2, -0.15) is 9.97 Å². The lowest BCUT2D eigenvalue weighted by molar-refractivity contribution is 0.105. The summed E-state index contributed by atoms with van der Waals surface area (Å²) in [5, 5.41) is 12.0. The van der Waals surface area contributed by atoms with Crippen LogP contribution in [0.4, 0.5) is 19.0 Å². The highest BCUT2D eigenvalue weighted by molar-refractivity contribution is 6.03. The Balaban J connectivity index is 1.23. The van der Waals surface area contributed by atoms with Crippen LogP contribution < -0.4 is 15.5 Å². The molecule has 3 fully saturated rings. The zero-order valence-electron chi connectivity index (χ0n) is 31.7. The number of halogens is 3. The van der Waals surface area contributed by atoms with Crippen molar-refractivity contribution in [3.05, 3.63) is 69.3 Å². The molecule has 5 aromatic rings. The van der Waals surface area contributed by atoms with Gasteiger partial charge in [0.25, 0.3) is 0 Å². The number of terminal acetylenes is 1. The van der Waals surface area contributed by atoms with Crippen LogP contribution in [0.3, 0.4) is 0 Å². The molecule has 4 aliphatic heterocycles. The number of hydrogen-bond acceptors (Lipinski definition) is 11. The molecule has 0 spiro atoms. The lowest BCUT2D eigenvalue weighted by Crippen LogP contribution is -2.60. The maximum Gasteiger partial charge on any atom is 0.519 e. The van der Waals surface area contributed by atoms with Crippen LogP contribution in [0.15, 0.2) is 37.9 Å². The van der Waals surface area contributed by atoms with Crippen molar-refractivity contribution < 1.29 is 31.8 Å². The van der Waals surface area contributed by atoms with Gasteiger partial charge in [-0.25, -0.2) is 22.9 Å². The van der Waals surface area contributed by atoms with E-state index in [1.165, 1.54) is 24.3 Å². The van der Waals surface area contributed by atoms with Crippen LogP contribution in [-0.4, -0.2) is 86.4 Å². The summed E-state index contributed by atoms with van der Waals surface area (Å²) < 4.78 is 64.6. The first-order valence-electron chi connectivity index (χ1n) is 19.3. The van der Waals surface area contributed by atoms with Crippen LogP contribution in [0.2, 0.25) is 0 Å². The van der Waals surface area contributed by atoms with E-state index in [4.69, 9.17) is 34.9 Å². The molecule has 56 heavy (non-hydrogen) atoms. The standard InChI is InChI=1S/C42H43F3N6O5/c1-6-26-17-51-31(18-49(26)19-32-23(5)55-41(53)56-32)21(3)22(4)36-34-38(47-40(48-39(34)51)54-20-42-11-8-12-50(42)16-25(43)15-42)35(45)37(46-36)29-14-27(52)13-24-9-10-30(44)28(7-2)33(24)29/h2,9-10,13-14,21-22,25-26,31,52H,6,8,11-12,15-20H2,1,3-5H3/t21-,22+,25+,26+,31+,42-/m0/s1. The topological polar surface area (TPSA) is 121 Å². The van der Waals surface area contributed by atoms with Crippen LogP contribution in [-0.2, 0) is 6.54 Å². The molecule has 7 heterocycles. The monoisotopic (exact) mass is 768 g/mol. The number of ether oxygens (including phenoxy) is 1. The SMILES string of the molecule is C#Cc1c(F)ccc2cc(O)cc(-c3nc4c5c(nc(OC[C@@]67CCCN6C[C@H](F)C7)nc5c3F)N3C[C@@H](CC)N(Cc5oc(=O)oc5C)C[C@@H]3[C@@H](C)[C@H]4C)c12. The molecule has 3 aromatic heterocycles. The molecule has 0 radical (unpaired) electrons.